The number of likely N-dealkylation sites (N-methyl/N-ethyl adjacent to an activating group) is 1. The van der Waals surface area contributed by atoms with Crippen molar-refractivity contribution in [2.75, 3.05) is 20.3 Å². The minimum Gasteiger partial charge on any atom is -0.492 e. The fraction of sp³-hybridized carbons (Fsp3) is 0.308. The number of rotatable bonds is 8. The molecular formula is C26H30N2O6S. The largest absolute Gasteiger partial charge is 0.492 e. The number of hydrogen-bond acceptors (Lipinski definition) is 6. The second kappa shape index (κ2) is 11.2. The Morgan fingerprint density at radius 3 is 1.66 bits per heavy atom. The van der Waals surface area contributed by atoms with Crippen LogP contribution in [0, 0.1) is 0 Å². The maximum atomic E-state index is 13.8. The van der Waals surface area contributed by atoms with Crippen LogP contribution in [0.4, 0.5) is 0 Å². The summed E-state index contributed by atoms with van der Waals surface area (Å²) >= 11 is 0. The van der Waals surface area contributed by atoms with Crippen LogP contribution in [-0.2, 0) is 16.8 Å². The highest BCUT2D eigenvalue weighted by Gasteiger charge is 2.49. The van der Waals surface area contributed by atoms with Crippen molar-refractivity contribution < 1.29 is 28.1 Å². The van der Waals surface area contributed by atoms with Crippen molar-refractivity contribution in [3.8, 4) is 11.5 Å². The zero-order chi connectivity index (χ0) is 24.8. The molecule has 2 N–H and O–H groups in total. The third-order valence-corrected chi connectivity index (χ3v) is 8.14. The number of benzene rings is 3. The molecular weight excluding hydrogens is 468 g/mol. The minimum absolute atomic E-state index is 0.00632. The Kier molecular flexibility index (Phi) is 8.04. The molecule has 0 bridgehead atoms. The molecule has 8 nitrogen and oxygen atoms in total. The van der Waals surface area contributed by atoms with Gasteiger partial charge in [-0.2, -0.15) is 17.0 Å². The molecule has 1 aliphatic heterocycles. The predicted octanol–water partition coefficient (Wildman–Crippen LogP) is 2.30. The van der Waals surface area contributed by atoms with Crippen LogP contribution in [0.1, 0.15) is 5.56 Å². The smallest absolute Gasteiger partial charge is 0.282 e. The summed E-state index contributed by atoms with van der Waals surface area (Å²) in [5.74, 6) is 1.07. The van der Waals surface area contributed by atoms with Gasteiger partial charge in [-0.05, 0) is 29.8 Å². The van der Waals surface area contributed by atoms with Crippen molar-refractivity contribution in [1.29, 1.82) is 0 Å². The predicted molar refractivity (Wildman–Crippen MR) is 132 cm³/mol. The fourth-order valence-corrected chi connectivity index (χ4v) is 5.79. The zero-order valence-corrected chi connectivity index (χ0v) is 20.2. The topological polar surface area (TPSA) is 99.5 Å². The van der Waals surface area contributed by atoms with Crippen molar-refractivity contribution in [2.24, 2.45) is 0 Å². The van der Waals surface area contributed by atoms with E-state index in [1.165, 1.54) is 11.4 Å². The molecule has 0 aromatic heterocycles. The van der Waals surface area contributed by atoms with E-state index in [0.717, 1.165) is 9.87 Å². The fourth-order valence-electron chi connectivity index (χ4n) is 4.09. The molecule has 9 heteroatoms. The van der Waals surface area contributed by atoms with Gasteiger partial charge in [0.05, 0.1) is 12.1 Å². The maximum absolute atomic E-state index is 13.8. The summed E-state index contributed by atoms with van der Waals surface area (Å²) in [4.78, 5) is 0. The molecule has 1 saturated heterocycles. The van der Waals surface area contributed by atoms with Gasteiger partial charge in [0.25, 0.3) is 10.2 Å². The van der Waals surface area contributed by atoms with E-state index in [4.69, 9.17) is 9.47 Å². The Hall–Kier alpha value is -2.95. The SMILES string of the molecule is CN1[C@H](COc2ccccc2)[C@H](O)[C@@H](O)[C@@H](COc2ccccc2)N(Cc2ccccc2)S1(=O)=O. The molecule has 0 aliphatic carbocycles. The lowest BCUT2D eigenvalue weighted by molar-refractivity contribution is -0.0539. The van der Waals surface area contributed by atoms with Gasteiger partial charge in [0.1, 0.15) is 36.9 Å². The van der Waals surface area contributed by atoms with Gasteiger partial charge in [-0.1, -0.05) is 66.7 Å². The number of nitrogens with zero attached hydrogens (tertiary/aromatic N) is 2. The van der Waals surface area contributed by atoms with Crippen LogP contribution in [-0.4, -0.2) is 71.8 Å². The average Bonchev–Trinajstić information content (AvgIpc) is 2.93. The Balaban J connectivity index is 1.65. The van der Waals surface area contributed by atoms with Gasteiger partial charge in [-0.25, -0.2) is 0 Å². The molecule has 1 heterocycles. The van der Waals surface area contributed by atoms with E-state index in [1.54, 1.807) is 48.5 Å². The highest BCUT2D eigenvalue weighted by Crippen LogP contribution is 2.29. The van der Waals surface area contributed by atoms with Crippen LogP contribution in [0.15, 0.2) is 91.0 Å². The quantitative estimate of drug-likeness (QED) is 0.495. The summed E-state index contributed by atoms with van der Waals surface area (Å²) < 4.78 is 41.5. The van der Waals surface area contributed by atoms with Crippen LogP contribution in [0.25, 0.3) is 0 Å². The third-order valence-electron chi connectivity index (χ3n) is 6.14. The summed E-state index contributed by atoms with van der Waals surface area (Å²) in [6.07, 6.45) is -2.84. The van der Waals surface area contributed by atoms with E-state index in [1.807, 2.05) is 42.5 Å². The molecule has 186 valence electrons. The Morgan fingerprint density at radius 1 is 0.714 bits per heavy atom. The average molecular weight is 499 g/mol. The molecule has 35 heavy (non-hydrogen) atoms. The monoisotopic (exact) mass is 498 g/mol. The Morgan fingerprint density at radius 2 is 1.14 bits per heavy atom. The molecule has 0 spiro atoms. The summed E-state index contributed by atoms with van der Waals surface area (Å²) in [6, 6.07) is 24.9. The third kappa shape index (κ3) is 5.83. The number of para-hydroxylation sites is 2. The zero-order valence-electron chi connectivity index (χ0n) is 19.4. The standard InChI is InChI=1S/C26H30N2O6S/c1-27-23(18-33-21-13-7-3-8-14-21)25(29)26(30)24(19-34-22-15-9-4-10-16-22)28(35(27,31)32)17-20-11-5-2-6-12-20/h2-16,23-26,29-30H,17-19H2,1H3/t23-,24-,25+,26+/m1/s1. The first-order chi connectivity index (χ1) is 16.9. The molecule has 1 aliphatic rings. The van der Waals surface area contributed by atoms with Gasteiger partial charge in [0.15, 0.2) is 0 Å². The van der Waals surface area contributed by atoms with Crippen molar-refractivity contribution >= 4 is 10.2 Å². The van der Waals surface area contributed by atoms with Crippen LogP contribution >= 0.6 is 0 Å². The summed E-state index contributed by atoms with van der Waals surface area (Å²) in [5.41, 5.74) is 0.745. The van der Waals surface area contributed by atoms with Crippen molar-refractivity contribution in [2.45, 2.75) is 30.8 Å². The van der Waals surface area contributed by atoms with Gasteiger partial charge >= 0.3 is 0 Å². The first kappa shape index (κ1) is 25.2. The highest BCUT2D eigenvalue weighted by atomic mass is 32.2. The van der Waals surface area contributed by atoms with Crippen LogP contribution < -0.4 is 9.47 Å². The van der Waals surface area contributed by atoms with Crippen molar-refractivity contribution in [1.82, 2.24) is 8.61 Å². The summed E-state index contributed by atoms with van der Waals surface area (Å²) in [5, 5.41) is 22.4. The Bertz CT molecular complexity index is 1160. The van der Waals surface area contributed by atoms with Crippen molar-refractivity contribution in [3.63, 3.8) is 0 Å². The molecule has 3 aromatic carbocycles. The molecule has 0 radical (unpaired) electrons. The van der Waals surface area contributed by atoms with E-state index in [0.29, 0.717) is 11.5 Å². The number of hydrogen-bond donors (Lipinski definition) is 2. The molecule has 3 aromatic rings. The lowest BCUT2D eigenvalue weighted by atomic mass is 9.99. The normalized spacial score (nSPS) is 25.0. The lowest BCUT2D eigenvalue weighted by Gasteiger charge is -2.32. The molecule has 0 amide bonds. The van der Waals surface area contributed by atoms with E-state index in [-0.39, 0.29) is 19.8 Å². The van der Waals surface area contributed by atoms with Crippen LogP contribution in [0.2, 0.25) is 0 Å². The van der Waals surface area contributed by atoms with E-state index < -0.39 is 34.5 Å². The Labute approximate surface area is 206 Å². The maximum Gasteiger partial charge on any atom is 0.282 e. The number of aliphatic hydroxyl groups is 2. The minimum atomic E-state index is -4.12. The molecule has 4 rings (SSSR count). The van der Waals surface area contributed by atoms with Gasteiger partial charge in [-0.15, -0.1) is 0 Å². The second-order valence-corrected chi connectivity index (χ2v) is 10.4. The molecule has 4 atom stereocenters. The van der Waals surface area contributed by atoms with Gasteiger partial charge in [-0.3, -0.25) is 0 Å². The first-order valence-corrected chi connectivity index (χ1v) is 12.8. The molecule has 1 fully saturated rings. The highest BCUT2D eigenvalue weighted by molar-refractivity contribution is 7.86. The van der Waals surface area contributed by atoms with Gasteiger partial charge < -0.3 is 19.7 Å². The summed E-state index contributed by atoms with van der Waals surface area (Å²) in [7, 11) is -2.73. The first-order valence-electron chi connectivity index (χ1n) is 11.4. The second-order valence-electron chi connectivity index (χ2n) is 8.42. The molecule has 0 saturated carbocycles. The van der Waals surface area contributed by atoms with Crippen LogP contribution in [0.3, 0.4) is 0 Å². The summed E-state index contributed by atoms with van der Waals surface area (Å²) in [6.45, 7) is -0.274. The van der Waals surface area contributed by atoms with E-state index in [9.17, 15) is 18.6 Å². The van der Waals surface area contributed by atoms with Gasteiger partial charge in [0.2, 0.25) is 0 Å². The van der Waals surface area contributed by atoms with Gasteiger partial charge in [0, 0.05) is 13.6 Å². The van der Waals surface area contributed by atoms with Crippen LogP contribution in [0.5, 0.6) is 11.5 Å². The van der Waals surface area contributed by atoms with Crippen molar-refractivity contribution in [3.05, 3.63) is 96.6 Å². The van der Waals surface area contributed by atoms with E-state index in [2.05, 4.69) is 0 Å². The number of aliphatic hydroxyl groups excluding tert-OH is 2. The number of ether oxygens (including phenoxy) is 2. The lowest BCUT2D eigenvalue weighted by Crippen LogP contribution is -2.52. The molecule has 0 unspecified atom stereocenters. The van der Waals surface area contributed by atoms with E-state index >= 15 is 0 Å².